The van der Waals surface area contributed by atoms with Crippen molar-refractivity contribution in [2.45, 2.75) is 13.5 Å². The van der Waals surface area contributed by atoms with Gasteiger partial charge in [0.1, 0.15) is 0 Å². The molecule has 1 aromatic heterocycles. The van der Waals surface area contributed by atoms with Gasteiger partial charge in [-0.3, -0.25) is 0 Å². The highest BCUT2D eigenvalue weighted by Crippen LogP contribution is 2.34. The second-order valence-electron chi connectivity index (χ2n) is 5.36. The SMILES string of the molecule is COc1cc2nc(-c3ccccc3CO)cc(C)c2cc1OC. The van der Waals surface area contributed by atoms with Crippen LogP contribution in [0.15, 0.2) is 42.5 Å². The molecule has 0 aliphatic rings. The largest absolute Gasteiger partial charge is 0.493 e. The van der Waals surface area contributed by atoms with E-state index in [1.165, 1.54) is 0 Å². The fourth-order valence-electron chi connectivity index (χ4n) is 2.77. The molecule has 2 aromatic carbocycles. The van der Waals surface area contributed by atoms with Gasteiger partial charge in [0.15, 0.2) is 11.5 Å². The minimum Gasteiger partial charge on any atom is -0.493 e. The van der Waals surface area contributed by atoms with Crippen molar-refractivity contribution >= 4 is 10.9 Å². The Morgan fingerprint density at radius 3 is 2.39 bits per heavy atom. The van der Waals surface area contributed by atoms with Crippen LogP contribution in [-0.2, 0) is 6.61 Å². The van der Waals surface area contributed by atoms with E-state index < -0.39 is 0 Å². The normalized spacial score (nSPS) is 10.8. The molecule has 0 fully saturated rings. The zero-order chi connectivity index (χ0) is 16.4. The summed E-state index contributed by atoms with van der Waals surface area (Å²) >= 11 is 0. The number of aromatic nitrogens is 1. The van der Waals surface area contributed by atoms with Gasteiger partial charge in [0.05, 0.1) is 32.0 Å². The summed E-state index contributed by atoms with van der Waals surface area (Å²) in [6.07, 6.45) is 0. The molecular formula is C19H19NO3. The van der Waals surface area contributed by atoms with Crippen molar-refractivity contribution in [2.24, 2.45) is 0 Å². The van der Waals surface area contributed by atoms with Crippen molar-refractivity contribution in [2.75, 3.05) is 14.2 Å². The zero-order valence-corrected chi connectivity index (χ0v) is 13.5. The van der Waals surface area contributed by atoms with Gasteiger partial charge in [0.25, 0.3) is 0 Å². The third-order valence-electron chi connectivity index (χ3n) is 3.98. The monoisotopic (exact) mass is 309 g/mol. The molecule has 0 saturated carbocycles. The highest BCUT2D eigenvalue weighted by Gasteiger charge is 2.12. The van der Waals surface area contributed by atoms with Crippen molar-refractivity contribution in [1.29, 1.82) is 0 Å². The second-order valence-corrected chi connectivity index (χ2v) is 5.36. The lowest BCUT2D eigenvalue weighted by Gasteiger charge is -2.13. The van der Waals surface area contributed by atoms with Gasteiger partial charge in [0.2, 0.25) is 0 Å². The number of hydrogen-bond acceptors (Lipinski definition) is 4. The lowest BCUT2D eigenvalue weighted by atomic mass is 10.0. The zero-order valence-electron chi connectivity index (χ0n) is 13.5. The van der Waals surface area contributed by atoms with Gasteiger partial charge >= 0.3 is 0 Å². The van der Waals surface area contributed by atoms with Crippen molar-refractivity contribution in [3.05, 3.63) is 53.6 Å². The van der Waals surface area contributed by atoms with Crippen LogP contribution < -0.4 is 9.47 Å². The van der Waals surface area contributed by atoms with E-state index in [0.29, 0.717) is 11.5 Å². The minimum absolute atomic E-state index is 0.0130. The highest BCUT2D eigenvalue weighted by molar-refractivity contribution is 5.88. The van der Waals surface area contributed by atoms with E-state index in [2.05, 4.69) is 0 Å². The summed E-state index contributed by atoms with van der Waals surface area (Å²) in [5, 5.41) is 10.6. The van der Waals surface area contributed by atoms with Crippen LogP contribution in [0.3, 0.4) is 0 Å². The van der Waals surface area contributed by atoms with Crippen molar-refractivity contribution in [1.82, 2.24) is 4.98 Å². The minimum atomic E-state index is -0.0130. The predicted molar refractivity (Wildman–Crippen MR) is 90.9 cm³/mol. The molecule has 4 nitrogen and oxygen atoms in total. The number of benzene rings is 2. The Morgan fingerprint density at radius 1 is 1.00 bits per heavy atom. The lowest BCUT2D eigenvalue weighted by Crippen LogP contribution is -1.96. The highest BCUT2D eigenvalue weighted by atomic mass is 16.5. The number of pyridine rings is 1. The summed E-state index contributed by atoms with van der Waals surface area (Å²) in [7, 11) is 3.24. The average molecular weight is 309 g/mol. The number of ether oxygens (including phenoxy) is 2. The topological polar surface area (TPSA) is 51.6 Å². The molecular weight excluding hydrogens is 290 g/mol. The molecule has 3 aromatic rings. The van der Waals surface area contributed by atoms with Crippen LogP contribution in [-0.4, -0.2) is 24.3 Å². The first-order valence-electron chi connectivity index (χ1n) is 7.40. The lowest BCUT2D eigenvalue weighted by molar-refractivity contribution is 0.282. The van der Waals surface area contributed by atoms with Gasteiger partial charge < -0.3 is 14.6 Å². The quantitative estimate of drug-likeness (QED) is 0.798. The molecule has 23 heavy (non-hydrogen) atoms. The Bertz CT molecular complexity index is 859. The Labute approximate surface area is 135 Å². The summed E-state index contributed by atoms with van der Waals surface area (Å²) in [6, 6.07) is 13.6. The van der Waals surface area contributed by atoms with Gasteiger partial charge in [-0.15, -0.1) is 0 Å². The third kappa shape index (κ3) is 2.73. The van der Waals surface area contributed by atoms with Crippen molar-refractivity contribution in [3.8, 4) is 22.8 Å². The van der Waals surface area contributed by atoms with Crippen LogP contribution in [0.5, 0.6) is 11.5 Å². The molecule has 0 aliphatic carbocycles. The van der Waals surface area contributed by atoms with Gasteiger partial charge in [-0.25, -0.2) is 4.98 Å². The van der Waals surface area contributed by atoms with E-state index in [0.717, 1.165) is 33.3 Å². The Morgan fingerprint density at radius 2 is 1.70 bits per heavy atom. The molecule has 0 unspecified atom stereocenters. The molecule has 0 spiro atoms. The van der Waals surface area contributed by atoms with Crippen LogP contribution in [0.1, 0.15) is 11.1 Å². The molecule has 0 bridgehead atoms. The molecule has 0 saturated heterocycles. The van der Waals surface area contributed by atoms with Gasteiger partial charge in [-0.2, -0.15) is 0 Å². The van der Waals surface area contributed by atoms with Crippen LogP contribution in [0, 0.1) is 6.92 Å². The van der Waals surface area contributed by atoms with Crippen LogP contribution in [0.4, 0.5) is 0 Å². The number of methoxy groups -OCH3 is 2. The van der Waals surface area contributed by atoms with Crippen LogP contribution in [0.25, 0.3) is 22.2 Å². The third-order valence-corrected chi connectivity index (χ3v) is 3.98. The van der Waals surface area contributed by atoms with Crippen molar-refractivity contribution in [3.63, 3.8) is 0 Å². The number of nitrogens with zero attached hydrogens (tertiary/aromatic N) is 1. The average Bonchev–Trinajstić information content (AvgIpc) is 2.60. The molecule has 0 radical (unpaired) electrons. The Hall–Kier alpha value is -2.59. The predicted octanol–water partition coefficient (Wildman–Crippen LogP) is 3.72. The molecule has 3 rings (SSSR count). The fourth-order valence-corrected chi connectivity index (χ4v) is 2.77. The molecule has 0 amide bonds. The van der Waals surface area contributed by atoms with Crippen molar-refractivity contribution < 1.29 is 14.6 Å². The number of aliphatic hydroxyl groups excluding tert-OH is 1. The van der Waals surface area contributed by atoms with E-state index in [-0.39, 0.29) is 6.61 Å². The molecule has 1 heterocycles. The number of hydrogen-bond donors (Lipinski definition) is 1. The summed E-state index contributed by atoms with van der Waals surface area (Å²) in [5.41, 5.74) is 4.57. The summed E-state index contributed by atoms with van der Waals surface area (Å²) < 4.78 is 10.7. The molecule has 118 valence electrons. The number of aliphatic hydroxyl groups is 1. The maximum atomic E-state index is 9.55. The Kier molecular flexibility index (Phi) is 4.17. The number of aryl methyl sites for hydroxylation is 1. The summed E-state index contributed by atoms with van der Waals surface area (Å²) in [6.45, 7) is 2.03. The van der Waals surface area contributed by atoms with Gasteiger partial charge in [-0.05, 0) is 30.2 Å². The smallest absolute Gasteiger partial charge is 0.162 e. The van der Waals surface area contributed by atoms with E-state index in [1.54, 1.807) is 14.2 Å². The molecule has 4 heteroatoms. The molecule has 1 N–H and O–H groups in total. The van der Waals surface area contributed by atoms with Gasteiger partial charge in [-0.1, -0.05) is 24.3 Å². The van der Waals surface area contributed by atoms with Crippen LogP contribution in [0.2, 0.25) is 0 Å². The second kappa shape index (κ2) is 6.26. The van der Waals surface area contributed by atoms with Crippen LogP contribution >= 0.6 is 0 Å². The number of fused-ring (bicyclic) bond motifs is 1. The van der Waals surface area contributed by atoms with E-state index in [9.17, 15) is 5.11 Å². The first-order chi connectivity index (χ1) is 11.2. The molecule has 0 aliphatic heterocycles. The summed E-state index contributed by atoms with van der Waals surface area (Å²) in [4.78, 5) is 4.75. The number of rotatable bonds is 4. The first kappa shape index (κ1) is 15.3. The maximum absolute atomic E-state index is 9.55. The Balaban J connectivity index is 2.25. The molecule has 0 atom stereocenters. The van der Waals surface area contributed by atoms with Gasteiger partial charge in [0, 0.05) is 17.0 Å². The maximum Gasteiger partial charge on any atom is 0.162 e. The fraction of sp³-hybridized carbons (Fsp3) is 0.211. The van der Waals surface area contributed by atoms with E-state index in [4.69, 9.17) is 14.5 Å². The van der Waals surface area contributed by atoms with E-state index >= 15 is 0 Å². The summed E-state index contributed by atoms with van der Waals surface area (Å²) in [5.74, 6) is 1.34. The first-order valence-corrected chi connectivity index (χ1v) is 7.40. The van der Waals surface area contributed by atoms with E-state index in [1.807, 2.05) is 49.4 Å². The standard InChI is InChI=1S/C19H19NO3/c1-12-8-16(14-7-5-4-6-13(14)11-21)20-17-10-19(23-3)18(22-2)9-15(12)17/h4-10,21H,11H2,1-3H3.